The van der Waals surface area contributed by atoms with Crippen LogP contribution in [0.3, 0.4) is 0 Å². The number of hydrogen-bond donors (Lipinski definition) is 0. The number of rotatable bonds is 6. The average molecular weight is 444 g/mol. The Hall–Kier alpha value is -3.45. The van der Waals surface area contributed by atoms with E-state index < -0.39 is 0 Å². The number of hydrogen-bond acceptors (Lipinski definition) is 5. The van der Waals surface area contributed by atoms with Crippen LogP contribution in [0.4, 0.5) is 5.69 Å². The summed E-state index contributed by atoms with van der Waals surface area (Å²) < 4.78 is 1.88. The standard InChI is InChI=1S/C25H25N5OS/c1-28(25(31)22-16-21(11-12-26-22)29-13-5-6-14-29)17-19-18-30(20-8-3-2-4-9-20)27-24(19)23-10-7-15-32-23/h2-4,7-12,15-16,18H,5-6,13-14,17H2,1H3. The molecule has 162 valence electrons. The van der Waals surface area contributed by atoms with E-state index in [9.17, 15) is 4.79 Å². The van der Waals surface area contributed by atoms with Gasteiger partial charge in [-0.15, -0.1) is 11.3 Å². The number of carbonyl (C=O) groups is 1. The molecule has 4 heterocycles. The molecule has 1 saturated heterocycles. The zero-order valence-electron chi connectivity index (χ0n) is 18.0. The molecule has 5 rings (SSSR count). The number of pyridine rings is 1. The molecule has 1 aliphatic rings. The Morgan fingerprint density at radius 2 is 1.88 bits per heavy atom. The second-order valence-corrected chi connectivity index (χ2v) is 8.96. The number of benzene rings is 1. The van der Waals surface area contributed by atoms with Crippen molar-refractivity contribution >= 4 is 22.9 Å². The molecule has 0 aliphatic carbocycles. The van der Waals surface area contributed by atoms with Gasteiger partial charge < -0.3 is 9.80 Å². The first kappa shape index (κ1) is 20.5. The molecule has 4 aromatic rings. The van der Waals surface area contributed by atoms with Gasteiger partial charge in [-0.25, -0.2) is 4.68 Å². The number of amides is 1. The second kappa shape index (κ2) is 8.96. The van der Waals surface area contributed by atoms with Crippen molar-refractivity contribution in [3.63, 3.8) is 0 Å². The van der Waals surface area contributed by atoms with Crippen LogP contribution in [0.2, 0.25) is 0 Å². The monoisotopic (exact) mass is 443 g/mol. The van der Waals surface area contributed by atoms with Crippen molar-refractivity contribution in [2.45, 2.75) is 19.4 Å². The Kier molecular flexibility index (Phi) is 5.73. The molecule has 0 spiro atoms. The largest absolute Gasteiger partial charge is 0.371 e. The lowest BCUT2D eigenvalue weighted by atomic mass is 10.2. The van der Waals surface area contributed by atoms with Crippen molar-refractivity contribution in [2.75, 3.05) is 25.0 Å². The van der Waals surface area contributed by atoms with Crippen LogP contribution < -0.4 is 4.90 Å². The molecule has 1 amide bonds. The number of carbonyl (C=O) groups excluding carboxylic acids is 1. The van der Waals surface area contributed by atoms with Crippen molar-refractivity contribution in [1.29, 1.82) is 0 Å². The molecule has 6 nitrogen and oxygen atoms in total. The highest BCUT2D eigenvalue weighted by Gasteiger charge is 2.20. The van der Waals surface area contributed by atoms with E-state index in [4.69, 9.17) is 5.10 Å². The van der Waals surface area contributed by atoms with E-state index in [0.29, 0.717) is 12.2 Å². The molecular formula is C25H25N5OS. The number of thiophene rings is 1. The van der Waals surface area contributed by atoms with E-state index in [1.165, 1.54) is 12.8 Å². The Bertz CT molecular complexity index is 1200. The molecule has 3 aromatic heterocycles. The third kappa shape index (κ3) is 4.16. The van der Waals surface area contributed by atoms with E-state index in [1.54, 1.807) is 22.4 Å². The van der Waals surface area contributed by atoms with Crippen LogP contribution in [0.1, 0.15) is 28.9 Å². The van der Waals surface area contributed by atoms with E-state index in [0.717, 1.165) is 40.6 Å². The van der Waals surface area contributed by atoms with Crippen LogP contribution in [0, 0.1) is 0 Å². The Morgan fingerprint density at radius 1 is 1.06 bits per heavy atom. The first-order valence-corrected chi connectivity index (χ1v) is 11.7. The van der Waals surface area contributed by atoms with Gasteiger partial charge in [-0.1, -0.05) is 24.3 Å². The topological polar surface area (TPSA) is 54.3 Å². The summed E-state index contributed by atoms with van der Waals surface area (Å²) in [6.07, 6.45) is 6.15. The van der Waals surface area contributed by atoms with Gasteiger partial charge in [0, 0.05) is 50.3 Å². The molecule has 0 unspecified atom stereocenters. The van der Waals surface area contributed by atoms with Crippen LogP contribution in [0.25, 0.3) is 16.3 Å². The normalized spacial score (nSPS) is 13.5. The molecule has 32 heavy (non-hydrogen) atoms. The van der Waals surface area contributed by atoms with Gasteiger partial charge in [0.2, 0.25) is 0 Å². The highest BCUT2D eigenvalue weighted by atomic mass is 32.1. The Labute approximate surface area is 191 Å². The lowest BCUT2D eigenvalue weighted by Crippen LogP contribution is -2.27. The maximum Gasteiger partial charge on any atom is 0.272 e. The van der Waals surface area contributed by atoms with Gasteiger partial charge in [-0.05, 0) is 48.6 Å². The van der Waals surface area contributed by atoms with Gasteiger partial charge in [0.15, 0.2) is 0 Å². The Balaban J connectivity index is 1.41. The molecule has 1 aliphatic heterocycles. The first-order chi connectivity index (χ1) is 15.7. The predicted molar refractivity (Wildman–Crippen MR) is 128 cm³/mol. The molecule has 1 aromatic carbocycles. The van der Waals surface area contributed by atoms with Gasteiger partial charge in [0.1, 0.15) is 11.4 Å². The fourth-order valence-electron chi connectivity index (χ4n) is 4.09. The number of anilines is 1. The lowest BCUT2D eigenvalue weighted by molar-refractivity contribution is 0.0779. The third-order valence-electron chi connectivity index (χ3n) is 5.75. The van der Waals surface area contributed by atoms with Crippen molar-refractivity contribution in [3.05, 3.63) is 83.6 Å². The molecule has 0 saturated carbocycles. The van der Waals surface area contributed by atoms with Crippen molar-refractivity contribution in [3.8, 4) is 16.3 Å². The lowest BCUT2D eigenvalue weighted by Gasteiger charge is -2.20. The smallest absolute Gasteiger partial charge is 0.272 e. The Morgan fingerprint density at radius 3 is 2.62 bits per heavy atom. The average Bonchev–Trinajstić information content (AvgIpc) is 3.61. The zero-order chi connectivity index (χ0) is 21.9. The molecule has 1 fully saturated rings. The van der Waals surface area contributed by atoms with Crippen molar-refractivity contribution in [1.82, 2.24) is 19.7 Å². The van der Waals surface area contributed by atoms with Crippen LogP contribution in [0.15, 0.2) is 72.4 Å². The summed E-state index contributed by atoms with van der Waals surface area (Å²) in [6.45, 7) is 2.53. The zero-order valence-corrected chi connectivity index (χ0v) is 18.8. The molecule has 0 atom stereocenters. The van der Waals surface area contributed by atoms with Gasteiger partial charge >= 0.3 is 0 Å². The summed E-state index contributed by atoms with van der Waals surface area (Å²) in [7, 11) is 1.82. The second-order valence-electron chi connectivity index (χ2n) is 8.02. The van der Waals surface area contributed by atoms with Crippen LogP contribution >= 0.6 is 11.3 Å². The van der Waals surface area contributed by atoms with Gasteiger partial charge in [0.25, 0.3) is 5.91 Å². The molecule has 0 N–H and O–H groups in total. The maximum atomic E-state index is 13.2. The van der Waals surface area contributed by atoms with Gasteiger partial charge in [-0.3, -0.25) is 9.78 Å². The molecule has 7 heteroatoms. The number of nitrogens with zero attached hydrogens (tertiary/aromatic N) is 5. The summed E-state index contributed by atoms with van der Waals surface area (Å²) in [5, 5.41) is 6.89. The van der Waals surface area contributed by atoms with E-state index in [-0.39, 0.29) is 5.91 Å². The molecule has 0 bridgehead atoms. The van der Waals surface area contributed by atoms with Gasteiger partial charge in [-0.2, -0.15) is 5.10 Å². The summed E-state index contributed by atoms with van der Waals surface area (Å²) in [4.78, 5) is 22.7. The minimum atomic E-state index is -0.0874. The van der Waals surface area contributed by atoms with Crippen LogP contribution in [-0.2, 0) is 6.54 Å². The highest BCUT2D eigenvalue weighted by molar-refractivity contribution is 7.13. The highest BCUT2D eigenvalue weighted by Crippen LogP contribution is 2.29. The molecule has 0 radical (unpaired) electrons. The summed E-state index contributed by atoms with van der Waals surface area (Å²) >= 11 is 1.65. The van der Waals surface area contributed by atoms with E-state index >= 15 is 0 Å². The van der Waals surface area contributed by atoms with Crippen molar-refractivity contribution in [2.24, 2.45) is 0 Å². The SMILES string of the molecule is CN(Cc1cn(-c2ccccc2)nc1-c1cccs1)C(=O)c1cc(N2CCCC2)ccn1. The number of para-hydroxylation sites is 1. The maximum absolute atomic E-state index is 13.2. The third-order valence-corrected chi connectivity index (χ3v) is 6.63. The van der Waals surface area contributed by atoms with E-state index in [1.807, 2.05) is 71.8 Å². The van der Waals surface area contributed by atoms with Crippen LogP contribution in [0.5, 0.6) is 0 Å². The van der Waals surface area contributed by atoms with Crippen LogP contribution in [-0.4, -0.2) is 45.7 Å². The quantitative estimate of drug-likeness (QED) is 0.427. The summed E-state index contributed by atoms with van der Waals surface area (Å²) in [5.74, 6) is -0.0874. The van der Waals surface area contributed by atoms with E-state index in [2.05, 4.69) is 16.0 Å². The fourth-order valence-corrected chi connectivity index (χ4v) is 4.83. The minimum Gasteiger partial charge on any atom is -0.371 e. The summed E-state index contributed by atoms with van der Waals surface area (Å²) in [6, 6.07) is 18.0. The van der Waals surface area contributed by atoms with Crippen molar-refractivity contribution < 1.29 is 4.79 Å². The minimum absolute atomic E-state index is 0.0874. The summed E-state index contributed by atoms with van der Waals surface area (Å²) in [5.41, 5.74) is 4.45. The predicted octanol–water partition coefficient (Wildman–Crippen LogP) is 4.87. The first-order valence-electron chi connectivity index (χ1n) is 10.8. The van der Waals surface area contributed by atoms with Gasteiger partial charge in [0.05, 0.1) is 10.6 Å². The number of aromatic nitrogens is 3. The fraction of sp³-hybridized carbons (Fsp3) is 0.240. The molecular weight excluding hydrogens is 418 g/mol.